The number of hydrogen-bond donors (Lipinski definition) is 2. The van der Waals surface area contributed by atoms with Crippen molar-refractivity contribution in [2.45, 2.75) is 52.1 Å². The summed E-state index contributed by atoms with van der Waals surface area (Å²) in [6.45, 7) is 3.32. The molecule has 0 fully saturated rings. The number of aldehydes is 1. The van der Waals surface area contributed by atoms with Gasteiger partial charge in [-0.25, -0.2) is 0 Å². The van der Waals surface area contributed by atoms with Crippen LogP contribution in [0.4, 0.5) is 0 Å². The van der Waals surface area contributed by atoms with Crippen LogP contribution in [0, 0.1) is 0 Å². The van der Waals surface area contributed by atoms with Crippen LogP contribution < -0.4 is 0 Å². The molecular formula is C14H21O12P. The lowest BCUT2D eigenvalue weighted by atomic mass is 10.0. The molecule has 2 N–H and O–H groups in total. The Balaban J connectivity index is 5.96. The summed E-state index contributed by atoms with van der Waals surface area (Å²) in [5.41, 5.74) is 0. The van der Waals surface area contributed by atoms with Crippen LogP contribution in [-0.4, -0.2) is 71.0 Å². The molecule has 0 heterocycles. The van der Waals surface area contributed by atoms with Crippen molar-refractivity contribution in [3.63, 3.8) is 0 Å². The third-order valence-corrected chi connectivity index (χ3v) is 3.19. The quantitative estimate of drug-likeness (QED) is 0.186. The Hall–Kier alpha value is -2.14. The van der Waals surface area contributed by atoms with Crippen LogP contribution in [0.3, 0.4) is 0 Å². The van der Waals surface area contributed by atoms with E-state index in [0.717, 1.165) is 27.7 Å². The molecule has 0 unspecified atom stereocenters. The monoisotopic (exact) mass is 412 g/mol. The highest BCUT2D eigenvalue weighted by Crippen LogP contribution is 2.31. The van der Waals surface area contributed by atoms with Crippen molar-refractivity contribution in [1.82, 2.24) is 0 Å². The van der Waals surface area contributed by atoms with Crippen LogP contribution in [0.5, 0.6) is 0 Å². The van der Waals surface area contributed by atoms with E-state index in [9.17, 15) is 24.0 Å². The Morgan fingerprint density at radius 1 is 0.852 bits per heavy atom. The first-order chi connectivity index (χ1) is 12.5. The maximum Gasteiger partial charge on any atom is 0.327 e. The lowest BCUT2D eigenvalue weighted by molar-refractivity contribution is -0.193. The third kappa shape index (κ3) is 10.6. The van der Waals surface area contributed by atoms with Gasteiger partial charge in [0.15, 0.2) is 24.6 Å². The van der Waals surface area contributed by atoms with Crippen LogP contribution in [0.15, 0.2) is 0 Å². The fourth-order valence-corrected chi connectivity index (χ4v) is 2.35. The number of carbonyl (C=O) groups excluding carboxylic acids is 5. The van der Waals surface area contributed by atoms with E-state index in [1.54, 1.807) is 0 Å². The number of esters is 4. The SMILES string of the molecule is CC(=O)OC[C@@H](OP(O)O)[C@@H](OC(C)=O)[C@H](OC(C)=O)[C@H](C=O)OC(C)=O. The average molecular weight is 412 g/mol. The Morgan fingerprint density at radius 2 is 1.33 bits per heavy atom. The van der Waals surface area contributed by atoms with Crippen LogP contribution >= 0.6 is 8.60 Å². The largest absolute Gasteiger partial charge is 0.463 e. The van der Waals surface area contributed by atoms with Gasteiger partial charge in [0.1, 0.15) is 12.7 Å². The molecular weight excluding hydrogens is 391 g/mol. The van der Waals surface area contributed by atoms with Crippen molar-refractivity contribution in [3.8, 4) is 0 Å². The lowest BCUT2D eigenvalue weighted by Gasteiger charge is -2.33. The smallest absolute Gasteiger partial charge is 0.327 e. The molecule has 0 aromatic rings. The highest BCUT2D eigenvalue weighted by Gasteiger charge is 2.43. The molecule has 0 radical (unpaired) electrons. The summed E-state index contributed by atoms with van der Waals surface area (Å²) < 4.78 is 24.2. The fraction of sp³-hybridized carbons (Fsp3) is 0.643. The Bertz CT molecular complexity index is 548. The summed E-state index contributed by atoms with van der Waals surface area (Å²) in [4.78, 5) is 74.7. The van der Waals surface area contributed by atoms with Gasteiger partial charge in [0.05, 0.1) is 0 Å². The zero-order valence-corrected chi connectivity index (χ0v) is 15.9. The van der Waals surface area contributed by atoms with Crippen LogP contribution in [-0.2, 0) is 47.4 Å². The molecule has 0 aromatic carbocycles. The van der Waals surface area contributed by atoms with Crippen LogP contribution in [0.2, 0.25) is 0 Å². The standard InChI is InChI=1S/C14H21O12P/c1-7(16)22-6-12(26-27(20)21)14(25-10(4)19)13(24-9(3)18)11(5-15)23-8(2)17/h5,11-14,20-21H,6H2,1-4H3/t11-,12+,13+,14+/m0/s1. The summed E-state index contributed by atoms with van der Waals surface area (Å²) in [5, 5.41) is 0. The summed E-state index contributed by atoms with van der Waals surface area (Å²) in [6.07, 6.45) is -6.58. The molecule has 154 valence electrons. The minimum Gasteiger partial charge on any atom is -0.463 e. The van der Waals surface area contributed by atoms with E-state index >= 15 is 0 Å². The van der Waals surface area contributed by atoms with Gasteiger partial charge in [-0.3, -0.25) is 24.0 Å². The molecule has 12 nitrogen and oxygen atoms in total. The van der Waals surface area contributed by atoms with E-state index in [4.69, 9.17) is 33.3 Å². The van der Waals surface area contributed by atoms with Gasteiger partial charge < -0.3 is 33.3 Å². The van der Waals surface area contributed by atoms with E-state index in [1.165, 1.54) is 0 Å². The summed E-state index contributed by atoms with van der Waals surface area (Å²) in [7, 11) is -3.03. The average Bonchev–Trinajstić information content (AvgIpc) is 2.51. The molecule has 0 aliphatic heterocycles. The molecule has 0 aliphatic carbocycles. The van der Waals surface area contributed by atoms with Gasteiger partial charge in [-0.1, -0.05) is 0 Å². The molecule has 0 spiro atoms. The molecule has 27 heavy (non-hydrogen) atoms. The summed E-state index contributed by atoms with van der Waals surface area (Å²) in [5.74, 6) is -3.55. The zero-order chi connectivity index (χ0) is 21.1. The second-order valence-electron chi connectivity index (χ2n) is 5.06. The Labute approximate surface area is 155 Å². The van der Waals surface area contributed by atoms with Crippen molar-refractivity contribution < 1.29 is 57.2 Å². The van der Waals surface area contributed by atoms with Gasteiger partial charge in [0.2, 0.25) is 0 Å². The fourth-order valence-electron chi connectivity index (χ4n) is 1.93. The first-order valence-electron chi connectivity index (χ1n) is 7.42. The Kier molecular flexibility index (Phi) is 11.3. The van der Waals surface area contributed by atoms with Crippen molar-refractivity contribution in [3.05, 3.63) is 0 Å². The van der Waals surface area contributed by atoms with Crippen molar-refractivity contribution in [1.29, 1.82) is 0 Å². The molecule has 0 aromatic heterocycles. The lowest BCUT2D eigenvalue weighted by Crippen LogP contribution is -2.52. The van der Waals surface area contributed by atoms with Gasteiger partial charge in [-0.15, -0.1) is 0 Å². The molecule has 0 aliphatic rings. The normalized spacial score (nSPS) is 15.1. The first kappa shape index (κ1) is 24.9. The molecule has 0 amide bonds. The van der Waals surface area contributed by atoms with Gasteiger partial charge in [-0.2, -0.15) is 0 Å². The molecule has 4 atom stereocenters. The molecule has 0 rings (SSSR count). The maximum absolute atomic E-state index is 11.5. The van der Waals surface area contributed by atoms with Crippen molar-refractivity contribution in [2.75, 3.05) is 6.61 Å². The maximum atomic E-state index is 11.5. The number of rotatable bonds is 11. The van der Waals surface area contributed by atoms with E-state index in [-0.39, 0.29) is 6.29 Å². The Morgan fingerprint density at radius 3 is 1.70 bits per heavy atom. The van der Waals surface area contributed by atoms with E-state index in [1.807, 2.05) is 0 Å². The van der Waals surface area contributed by atoms with E-state index in [2.05, 4.69) is 0 Å². The van der Waals surface area contributed by atoms with Crippen LogP contribution in [0.1, 0.15) is 27.7 Å². The topological polar surface area (TPSA) is 172 Å². The number of hydrogen-bond acceptors (Lipinski definition) is 12. The highest BCUT2D eigenvalue weighted by molar-refractivity contribution is 7.39. The number of carbonyl (C=O) groups is 5. The highest BCUT2D eigenvalue weighted by atomic mass is 31.2. The summed E-state index contributed by atoms with van der Waals surface area (Å²) in [6, 6.07) is 0. The first-order valence-corrected chi connectivity index (χ1v) is 8.59. The second kappa shape index (κ2) is 12.3. The zero-order valence-electron chi connectivity index (χ0n) is 15.0. The molecule has 0 bridgehead atoms. The van der Waals surface area contributed by atoms with Crippen molar-refractivity contribution in [2.24, 2.45) is 0 Å². The second-order valence-corrected chi connectivity index (χ2v) is 5.77. The van der Waals surface area contributed by atoms with E-state index in [0.29, 0.717) is 0 Å². The molecule has 0 saturated carbocycles. The van der Waals surface area contributed by atoms with Gasteiger partial charge in [-0.05, 0) is 0 Å². The van der Waals surface area contributed by atoms with Gasteiger partial charge in [0, 0.05) is 27.7 Å². The predicted octanol–water partition coefficient (Wildman–Crippen LogP) is -0.860. The van der Waals surface area contributed by atoms with Crippen LogP contribution in [0.25, 0.3) is 0 Å². The molecule has 0 saturated heterocycles. The minimum absolute atomic E-state index is 0.120. The predicted molar refractivity (Wildman–Crippen MR) is 85.6 cm³/mol. The van der Waals surface area contributed by atoms with Crippen molar-refractivity contribution >= 4 is 38.8 Å². The van der Waals surface area contributed by atoms with E-state index < -0.39 is 63.5 Å². The van der Waals surface area contributed by atoms with Gasteiger partial charge >= 0.3 is 32.5 Å². The number of ether oxygens (including phenoxy) is 4. The van der Waals surface area contributed by atoms with Gasteiger partial charge in [0.25, 0.3) is 0 Å². The molecule has 13 heteroatoms. The summed E-state index contributed by atoms with van der Waals surface area (Å²) >= 11 is 0. The third-order valence-electron chi connectivity index (χ3n) is 2.73. The minimum atomic E-state index is -3.03.